The zero-order chi connectivity index (χ0) is 13.9. The second-order valence-electron chi connectivity index (χ2n) is 6.03. The zero-order valence-corrected chi connectivity index (χ0v) is 12.6. The summed E-state index contributed by atoms with van der Waals surface area (Å²) in [5.41, 5.74) is 5.45. The zero-order valence-electron chi connectivity index (χ0n) is 12.6. The number of hydrogen-bond acceptors (Lipinski definition) is 2. The Morgan fingerprint density at radius 3 is 2.42 bits per heavy atom. The monoisotopic (exact) mass is 268 g/mol. The van der Waals surface area contributed by atoms with Gasteiger partial charge in [0, 0.05) is 12.5 Å². The average molecular weight is 268 g/mol. The fraction of sp³-hybridized carbons (Fsp3) is 0.938. The molecule has 112 valence electrons. The Morgan fingerprint density at radius 2 is 1.79 bits per heavy atom. The number of nitrogens with two attached hydrogens (primary N) is 1. The van der Waals surface area contributed by atoms with Crippen LogP contribution in [0.4, 0.5) is 0 Å². The maximum Gasteiger partial charge on any atom is 0.220 e. The molecule has 1 saturated carbocycles. The van der Waals surface area contributed by atoms with Gasteiger partial charge in [-0.05, 0) is 51.0 Å². The molecule has 0 aliphatic heterocycles. The Morgan fingerprint density at radius 1 is 1.11 bits per heavy atom. The molecule has 0 atom stereocenters. The highest BCUT2D eigenvalue weighted by molar-refractivity contribution is 5.76. The Labute approximate surface area is 118 Å². The van der Waals surface area contributed by atoms with Crippen LogP contribution in [0, 0.1) is 5.92 Å². The Bertz CT molecular complexity index is 235. The van der Waals surface area contributed by atoms with Gasteiger partial charge in [0.1, 0.15) is 0 Å². The molecule has 0 radical (unpaired) electrons. The van der Waals surface area contributed by atoms with Gasteiger partial charge in [0.25, 0.3) is 0 Å². The van der Waals surface area contributed by atoms with E-state index in [9.17, 15) is 4.79 Å². The van der Waals surface area contributed by atoms with Crippen molar-refractivity contribution in [3.8, 4) is 0 Å². The summed E-state index contributed by atoms with van der Waals surface area (Å²) < 4.78 is 0. The van der Waals surface area contributed by atoms with Crippen molar-refractivity contribution in [1.29, 1.82) is 0 Å². The van der Waals surface area contributed by atoms with Gasteiger partial charge in [0.15, 0.2) is 0 Å². The third-order valence-electron chi connectivity index (χ3n) is 4.27. The van der Waals surface area contributed by atoms with Crippen LogP contribution in [0.1, 0.15) is 77.6 Å². The largest absolute Gasteiger partial charge is 0.353 e. The van der Waals surface area contributed by atoms with Crippen molar-refractivity contribution in [3.63, 3.8) is 0 Å². The molecule has 1 aliphatic rings. The molecule has 0 heterocycles. The molecular formula is C16H32N2O. The first-order chi connectivity index (χ1) is 9.26. The molecule has 3 nitrogen and oxygen atoms in total. The van der Waals surface area contributed by atoms with Gasteiger partial charge >= 0.3 is 0 Å². The van der Waals surface area contributed by atoms with Gasteiger partial charge < -0.3 is 11.1 Å². The van der Waals surface area contributed by atoms with Crippen molar-refractivity contribution in [2.75, 3.05) is 6.54 Å². The SMILES string of the molecule is CCCC1CCC(NC(=O)CCCCCCN)CC1. The lowest BCUT2D eigenvalue weighted by molar-refractivity contribution is -0.122. The summed E-state index contributed by atoms with van der Waals surface area (Å²) >= 11 is 0. The smallest absolute Gasteiger partial charge is 0.220 e. The first-order valence-corrected chi connectivity index (χ1v) is 8.25. The summed E-state index contributed by atoms with van der Waals surface area (Å²) in [6.45, 7) is 3.03. The quantitative estimate of drug-likeness (QED) is 0.630. The van der Waals surface area contributed by atoms with Gasteiger partial charge in [-0.2, -0.15) is 0 Å². The number of nitrogens with one attached hydrogen (secondary N) is 1. The summed E-state index contributed by atoms with van der Waals surface area (Å²) in [7, 11) is 0. The van der Waals surface area contributed by atoms with Crippen molar-refractivity contribution in [2.24, 2.45) is 11.7 Å². The van der Waals surface area contributed by atoms with Crippen molar-refractivity contribution in [1.82, 2.24) is 5.32 Å². The van der Waals surface area contributed by atoms with E-state index in [1.165, 1.54) is 38.5 Å². The molecular weight excluding hydrogens is 236 g/mol. The van der Waals surface area contributed by atoms with E-state index in [0.717, 1.165) is 38.1 Å². The van der Waals surface area contributed by atoms with Crippen molar-refractivity contribution >= 4 is 5.91 Å². The van der Waals surface area contributed by atoms with Crippen LogP contribution in [0.25, 0.3) is 0 Å². The summed E-state index contributed by atoms with van der Waals surface area (Å²) in [5.74, 6) is 1.17. The minimum absolute atomic E-state index is 0.256. The number of amides is 1. The normalized spacial score (nSPS) is 23.3. The number of carbonyl (C=O) groups is 1. The molecule has 1 fully saturated rings. The van der Waals surface area contributed by atoms with Gasteiger partial charge in [-0.25, -0.2) is 0 Å². The van der Waals surface area contributed by atoms with Crippen molar-refractivity contribution in [3.05, 3.63) is 0 Å². The van der Waals surface area contributed by atoms with Gasteiger partial charge in [0.2, 0.25) is 5.91 Å². The van der Waals surface area contributed by atoms with E-state index in [1.807, 2.05) is 0 Å². The molecule has 0 bridgehead atoms. The van der Waals surface area contributed by atoms with Gasteiger partial charge in [-0.15, -0.1) is 0 Å². The Balaban J connectivity index is 2.03. The van der Waals surface area contributed by atoms with E-state index in [4.69, 9.17) is 5.73 Å². The van der Waals surface area contributed by atoms with Crippen LogP contribution < -0.4 is 11.1 Å². The van der Waals surface area contributed by atoms with Gasteiger partial charge in [-0.1, -0.05) is 32.6 Å². The van der Waals surface area contributed by atoms with E-state index in [1.54, 1.807) is 0 Å². The average Bonchev–Trinajstić information content (AvgIpc) is 2.41. The molecule has 1 amide bonds. The summed E-state index contributed by atoms with van der Waals surface area (Å²) in [4.78, 5) is 11.8. The van der Waals surface area contributed by atoms with Gasteiger partial charge in [0.05, 0.1) is 0 Å². The Kier molecular flexibility index (Phi) is 8.89. The van der Waals surface area contributed by atoms with E-state index in [0.29, 0.717) is 12.5 Å². The van der Waals surface area contributed by atoms with Crippen molar-refractivity contribution in [2.45, 2.75) is 83.6 Å². The molecule has 0 aromatic carbocycles. The fourth-order valence-electron chi connectivity index (χ4n) is 3.09. The van der Waals surface area contributed by atoms with Crippen LogP contribution in [0.5, 0.6) is 0 Å². The third-order valence-corrected chi connectivity index (χ3v) is 4.27. The van der Waals surface area contributed by atoms with E-state index < -0.39 is 0 Å². The molecule has 3 heteroatoms. The van der Waals surface area contributed by atoms with E-state index >= 15 is 0 Å². The number of hydrogen-bond donors (Lipinski definition) is 2. The van der Waals surface area contributed by atoms with Crippen molar-refractivity contribution < 1.29 is 4.79 Å². The molecule has 19 heavy (non-hydrogen) atoms. The lowest BCUT2D eigenvalue weighted by atomic mass is 9.83. The summed E-state index contributed by atoms with van der Waals surface area (Å²) in [5, 5.41) is 3.21. The lowest BCUT2D eigenvalue weighted by Gasteiger charge is -2.29. The first kappa shape index (κ1) is 16.5. The van der Waals surface area contributed by atoms with E-state index in [2.05, 4.69) is 12.2 Å². The minimum Gasteiger partial charge on any atom is -0.353 e. The maximum absolute atomic E-state index is 11.8. The van der Waals surface area contributed by atoms with Crippen LogP contribution >= 0.6 is 0 Å². The van der Waals surface area contributed by atoms with Gasteiger partial charge in [-0.3, -0.25) is 4.79 Å². The highest BCUT2D eigenvalue weighted by atomic mass is 16.1. The second-order valence-corrected chi connectivity index (χ2v) is 6.03. The topological polar surface area (TPSA) is 55.1 Å². The highest BCUT2D eigenvalue weighted by Gasteiger charge is 2.21. The standard InChI is InChI=1S/C16H32N2O/c1-2-7-14-9-11-15(12-10-14)18-16(19)8-5-3-4-6-13-17/h14-15H,2-13,17H2,1H3,(H,18,19). The predicted molar refractivity (Wildman–Crippen MR) is 80.9 cm³/mol. The molecule has 1 aliphatic carbocycles. The van der Waals surface area contributed by atoms with Crippen LogP contribution in [0.3, 0.4) is 0 Å². The lowest BCUT2D eigenvalue weighted by Crippen LogP contribution is -2.37. The molecule has 3 N–H and O–H groups in total. The number of unbranched alkanes of at least 4 members (excludes halogenated alkanes) is 3. The molecule has 1 rings (SSSR count). The fourth-order valence-corrected chi connectivity index (χ4v) is 3.09. The molecule has 0 unspecified atom stereocenters. The van der Waals surface area contributed by atoms with Crippen LogP contribution in [0.2, 0.25) is 0 Å². The van der Waals surface area contributed by atoms with Crippen LogP contribution in [-0.2, 0) is 4.79 Å². The minimum atomic E-state index is 0.256. The molecule has 0 spiro atoms. The predicted octanol–water partition coefficient (Wildman–Crippen LogP) is 3.37. The van der Waals surface area contributed by atoms with Crippen LogP contribution in [-0.4, -0.2) is 18.5 Å². The third kappa shape index (κ3) is 7.56. The van der Waals surface area contributed by atoms with E-state index in [-0.39, 0.29) is 5.91 Å². The second kappa shape index (κ2) is 10.2. The maximum atomic E-state index is 11.8. The van der Waals surface area contributed by atoms with Crippen LogP contribution in [0.15, 0.2) is 0 Å². The molecule has 0 saturated heterocycles. The number of rotatable bonds is 9. The summed E-state index contributed by atoms with van der Waals surface area (Å²) in [6.07, 6.45) is 12.7. The summed E-state index contributed by atoms with van der Waals surface area (Å²) in [6, 6.07) is 0.449. The number of carbonyl (C=O) groups excluding carboxylic acids is 1. The molecule has 0 aromatic heterocycles. The Hall–Kier alpha value is -0.570. The molecule has 0 aromatic rings. The highest BCUT2D eigenvalue weighted by Crippen LogP contribution is 2.27. The first-order valence-electron chi connectivity index (χ1n) is 8.25.